The predicted molar refractivity (Wildman–Crippen MR) is 153 cm³/mol. The first kappa shape index (κ1) is 28.1. The van der Waals surface area contributed by atoms with E-state index in [1.807, 2.05) is 12.1 Å². The van der Waals surface area contributed by atoms with Gasteiger partial charge >= 0.3 is 0 Å². The van der Waals surface area contributed by atoms with Crippen molar-refractivity contribution < 1.29 is 22.6 Å². The molecule has 0 aliphatic heterocycles. The number of nitrogens with zero attached hydrogens (tertiary/aromatic N) is 4. The van der Waals surface area contributed by atoms with Gasteiger partial charge in [-0.05, 0) is 61.0 Å². The van der Waals surface area contributed by atoms with E-state index in [2.05, 4.69) is 30.0 Å². The van der Waals surface area contributed by atoms with E-state index in [9.17, 15) is 8.42 Å². The Balaban J connectivity index is 1.42. The Kier molecular flexibility index (Phi) is 8.64. The van der Waals surface area contributed by atoms with Gasteiger partial charge in [0, 0.05) is 30.1 Å². The first-order valence-electron chi connectivity index (χ1n) is 12.0. The van der Waals surface area contributed by atoms with Crippen LogP contribution >= 0.6 is 0 Å². The number of sulfonamides is 1. The Hall–Kier alpha value is -4.91. The molecule has 0 bridgehead atoms. The second-order valence-electron chi connectivity index (χ2n) is 8.46. The van der Waals surface area contributed by atoms with Gasteiger partial charge in [-0.1, -0.05) is 6.07 Å². The molecule has 0 radical (unpaired) electrons. The molecule has 12 nitrogen and oxygen atoms in total. The summed E-state index contributed by atoms with van der Waals surface area (Å²) in [4.78, 5) is 17.1. The fraction of sp³-hybridized carbons (Fsp3) is 0.185. The number of ether oxygens (including phenoxy) is 3. The molecule has 13 heteroatoms. The van der Waals surface area contributed by atoms with E-state index in [1.54, 1.807) is 70.8 Å². The van der Waals surface area contributed by atoms with Crippen LogP contribution in [-0.2, 0) is 16.4 Å². The molecule has 2 aromatic carbocycles. The molecule has 0 amide bonds. The van der Waals surface area contributed by atoms with Crippen molar-refractivity contribution in [2.75, 3.05) is 37.1 Å². The number of hydrogen-bond donors (Lipinski definition) is 3. The van der Waals surface area contributed by atoms with E-state index in [0.717, 1.165) is 11.1 Å². The van der Waals surface area contributed by atoms with Crippen LogP contribution in [0.2, 0.25) is 0 Å². The van der Waals surface area contributed by atoms with Crippen molar-refractivity contribution in [1.29, 1.82) is 0 Å². The van der Waals surface area contributed by atoms with Crippen LogP contribution in [0.3, 0.4) is 0 Å². The molecule has 0 unspecified atom stereocenters. The number of benzene rings is 2. The molecule has 4 rings (SSSR count). The minimum absolute atomic E-state index is 0.0640. The SMILES string of the molecule is COc1cc(Cc2cnc(NC(C)=Nc3ccc(NS(=O)(=O)c4ccccn4)cc3)nc2N)cc(OC)c1OC. The summed E-state index contributed by atoms with van der Waals surface area (Å²) in [5, 5.41) is 2.96. The normalized spacial score (nSPS) is 11.6. The average molecular weight is 564 g/mol. The fourth-order valence-corrected chi connectivity index (χ4v) is 4.78. The summed E-state index contributed by atoms with van der Waals surface area (Å²) in [6.07, 6.45) is 3.51. The molecule has 0 aliphatic rings. The smallest absolute Gasteiger partial charge is 0.279 e. The number of pyridine rings is 1. The average Bonchev–Trinajstić information content (AvgIpc) is 2.95. The molecule has 40 heavy (non-hydrogen) atoms. The number of methoxy groups -OCH3 is 3. The van der Waals surface area contributed by atoms with Crippen molar-refractivity contribution in [3.05, 3.63) is 78.1 Å². The first-order chi connectivity index (χ1) is 19.2. The van der Waals surface area contributed by atoms with E-state index in [4.69, 9.17) is 19.9 Å². The molecule has 0 atom stereocenters. The highest BCUT2D eigenvalue weighted by atomic mass is 32.2. The van der Waals surface area contributed by atoms with Gasteiger partial charge in [-0.3, -0.25) is 4.72 Å². The molecule has 4 aromatic rings. The summed E-state index contributed by atoms with van der Waals surface area (Å²) in [6.45, 7) is 1.75. The topological polar surface area (TPSA) is 163 Å². The molecule has 2 heterocycles. The lowest BCUT2D eigenvalue weighted by atomic mass is 10.1. The lowest BCUT2D eigenvalue weighted by Gasteiger charge is -2.14. The maximum absolute atomic E-state index is 12.5. The van der Waals surface area contributed by atoms with Crippen LogP contribution in [0.15, 0.2) is 77.0 Å². The van der Waals surface area contributed by atoms with E-state index in [-0.39, 0.29) is 11.0 Å². The van der Waals surface area contributed by atoms with Gasteiger partial charge in [0.1, 0.15) is 11.7 Å². The number of hydrogen-bond acceptors (Lipinski definition) is 10. The Bertz CT molecular complexity index is 1590. The van der Waals surface area contributed by atoms with Crippen LogP contribution in [0, 0.1) is 0 Å². The molecular weight excluding hydrogens is 534 g/mol. The second-order valence-corrected chi connectivity index (χ2v) is 10.1. The van der Waals surface area contributed by atoms with Gasteiger partial charge in [-0.25, -0.2) is 15.0 Å². The summed E-state index contributed by atoms with van der Waals surface area (Å²) in [5.74, 6) is 2.70. The van der Waals surface area contributed by atoms with Crippen LogP contribution in [0.5, 0.6) is 17.2 Å². The minimum atomic E-state index is -3.78. The van der Waals surface area contributed by atoms with Gasteiger partial charge in [0.15, 0.2) is 16.5 Å². The van der Waals surface area contributed by atoms with Crippen molar-refractivity contribution >= 4 is 39.0 Å². The highest BCUT2D eigenvalue weighted by Gasteiger charge is 2.16. The molecule has 2 aromatic heterocycles. The number of nitrogen functional groups attached to an aromatic ring is 1. The number of amidine groups is 1. The summed E-state index contributed by atoms with van der Waals surface area (Å²) in [6, 6.07) is 14.9. The molecular formula is C27H29N7O5S. The van der Waals surface area contributed by atoms with E-state index < -0.39 is 10.0 Å². The van der Waals surface area contributed by atoms with Crippen LogP contribution in [0.4, 0.5) is 23.1 Å². The zero-order valence-corrected chi connectivity index (χ0v) is 23.2. The van der Waals surface area contributed by atoms with Crippen molar-refractivity contribution in [1.82, 2.24) is 15.0 Å². The molecule has 208 valence electrons. The fourth-order valence-electron chi connectivity index (χ4n) is 3.77. The largest absolute Gasteiger partial charge is 0.493 e. The first-order valence-corrected chi connectivity index (χ1v) is 13.5. The van der Waals surface area contributed by atoms with Crippen molar-refractivity contribution in [2.24, 2.45) is 4.99 Å². The molecule has 0 saturated heterocycles. The molecule has 0 fully saturated rings. The van der Waals surface area contributed by atoms with Crippen LogP contribution in [0.25, 0.3) is 0 Å². The molecule has 0 aliphatic carbocycles. The summed E-state index contributed by atoms with van der Waals surface area (Å²) >= 11 is 0. The number of anilines is 3. The number of aromatic nitrogens is 3. The van der Waals surface area contributed by atoms with E-state index >= 15 is 0 Å². The second kappa shape index (κ2) is 12.3. The summed E-state index contributed by atoms with van der Waals surface area (Å²) in [7, 11) is 0.880. The number of nitrogens with two attached hydrogens (primary N) is 1. The third-order valence-corrected chi connectivity index (χ3v) is 6.94. The van der Waals surface area contributed by atoms with Gasteiger partial charge in [0.05, 0.1) is 27.0 Å². The quantitative estimate of drug-likeness (QED) is 0.190. The standard InChI is InChI=1S/C27H29N7O5S/c1-17(31-20-8-10-21(11-9-20)34-40(35,36)24-7-5-6-12-29-24)32-27-30-16-19(26(28)33-27)13-18-14-22(37-2)25(39-4)23(15-18)38-3/h5-12,14-16,34H,13H2,1-4H3,(H3,28,30,31,32,33). The van der Waals surface area contributed by atoms with Gasteiger partial charge in [0.2, 0.25) is 11.7 Å². The Morgan fingerprint density at radius 3 is 2.25 bits per heavy atom. The molecule has 0 saturated carbocycles. The maximum atomic E-state index is 12.5. The molecule has 4 N–H and O–H groups in total. The maximum Gasteiger partial charge on any atom is 0.279 e. The lowest BCUT2D eigenvalue weighted by molar-refractivity contribution is 0.324. The highest BCUT2D eigenvalue weighted by Crippen LogP contribution is 2.38. The monoisotopic (exact) mass is 563 g/mol. The number of nitrogens with one attached hydrogen (secondary N) is 2. The van der Waals surface area contributed by atoms with Crippen molar-refractivity contribution in [3.63, 3.8) is 0 Å². The van der Waals surface area contributed by atoms with Crippen LogP contribution < -0.4 is 30.0 Å². The van der Waals surface area contributed by atoms with Gasteiger partial charge < -0.3 is 25.3 Å². The Labute approximate surface area is 232 Å². The number of rotatable bonds is 10. The van der Waals surface area contributed by atoms with Crippen molar-refractivity contribution in [2.45, 2.75) is 18.4 Å². The van der Waals surface area contributed by atoms with Gasteiger partial charge in [0.25, 0.3) is 10.0 Å². The summed E-state index contributed by atoms with van der Waals surface area (Å²) < 4.78 is 43.6. The van der Waals surface area contributed by atoms with E-state index in [0.29, 0.717) is 46.7 Å². The zero-order chi connectivity index (χ0) is 28.7. The third kappa shape index (κ3) is 6.74. The van der Waals surface area contributed by atoms with E-state index in [1.165, 1.54) is 12.3 Å². The lowest BCUT2D eigenvalue weighted by Crippen LogP contribution is -2.14. The summed E-state index contributed by atoms with van der Waals surface area (Å²) in [5.41, 5.74) is 8.81. The Morgan fingerprint density at radius 2 is 1.68 bits per heavy atom. The number of aliphatic imine (C=N–C) groups is 1. The third-order valence-electron chi connectivity index (χ3n) is 5.64. The van der Waals surface area contributed by atoms with Gasteiger partial charge in [-0.2, -0.15) is 13.4 Å². The van der Waals surface area contributed by atoms with Crippen molar-refractivity contribution in [3.8, 4) is 17.2 Å². The minimum Gasteiger partial charge on any atom is -0.493 e. The molecule has 0 spiro atoms. The van der Waals surface area contributed by atoms with Gasteiger partial charge in [-0.15, -0.1) is 0 Å². The van der Waals surface area contributed by atoms with Crippen LogP contribution in [-0.4, -0.2) is 50.5 Å². The predicted octanol–water partition coefficient (Wildman–Crippen LogP) is 4.03. The zero-order valence-electron chi connectivity index (χ0n) is 22.4. The Morgan fingerprint density at radius 1 is 0.975 bits per heavy atom. The van der Waals surface area contributed by atoms with Crippen LogP contribution in [0.1, 0.15) is 18.1 Å². The highest BCUT2D eigenvalue weighted by molar-refractivity contribution is 7.92.